The summed E-state index contributed by atoms with van der Waals surface area (Å²) in [5.41, 5.74) is 4.96. The average Bonchev–Trinajstić information content (AvgIpc) is 3.14. The van der Waals surface area contributed by atoms with Gasteiger partial charge in [0.2, 0.25) is 5.91 Å². The zero-order valence-corrected chi connectivity index (χ0v) is 13.7. The Bertz CT molecular complexity index is 738. The molecule has 5 heteroatoms. The highest BCUT2D eigenvalue weighted by Crippen LogP contribution is 2.24. The van der Waals surface area contributed by atoms with Crippen molar-refractivity contribution in [1.29, 1.82) is 0 Å². The van der Waals surface area contributed by atoms with E-state index in [1.165, 1.54) is 0 Å². The number of carbonyl (C=O) groups excluding carboxylic acids is 2. The lowest BCUT2D eigenvalue weighted by atomic mass is 10.1. The van der Waals surface area contributed by atoms with Crippen molar-refractivity contribution in [3.05, 3.63) is 42.5 Å². The van der Waals surface area contributed by atoms with Crippen LogP contribution in [-0.4, -0.2) is 17.9 Å². The van der Waals surface area contributed by atoms with Gasteiger partial charge in [0.1, 0.15) is 5.75 Å². The zero-order chi connectivity index (χ0) is 16.9. The molecule has 0 aromatic heterocycles. The minimum Gasteiger partial charge on any atom is -0.481 e. The fourth-order valence-electron chi connectivity index (χ4n) is 3.01. The molecule has 126 valence electrons. The summed E-state index contributed by atoms with van der Waals surface area (Å²) < 4.78 is 5.68. The SMILES string of the molecule is CC(Oc1ccc2ccccc2c1)C(=O)NNC(=O)C1CCCC1. The van der Waals surface area contributed by atoms with Crippen molar-refractivity contribution in [1.82, 2.24) is 10.9 Å². The van der Waals surface area contributed by atoms with Crippen LogP contribution in [0.3, 0.4) is 0 Å². The molecule has 0 spiro atoms. The Hall–Kier alpha value is -2.56. The van der Waals surface area contributed by atoms with Crippen molar-refractivity contribution in [2.75, 3.05) is 0 Å². The van der Waals surface area contributed by atoms with Gasteiger partial charge < -0.3 is 4.74 Å². The number of hydrogen-bond donors (Lipinski definition) is 2. The molecular formula is C19H22N2O3. The summed E-state index contributed by atoms with van der Waals surface area (Å²) in [5.74, 6) is 0.161. The van der Waals surface area contributed by atoms with Crippen molar-refractivity contribution in [3.8, 4) is 5.75 Å². The topological polar surface area (TPSA) is 67.4 Å². The smallest absolute Gasteiger partial charge is 0.279 e. The average molecular weight is 326 g/mol. The molecule has 2 amide bonds. The van der Waals surface area contributed by atoms with Crippen LogP contribution in [-0.2, 0) is 9.59 Å². The number of benzene rings is 2. The zero-order valence-electron chi connectivity index (χ0n) is 13.7. The summed E-state index contributed by atoms with van der Waals surface area (Å²) in [4.78, 5) is 24.0. The van der Waals surface area contributed by atoms with E-state index in [2.05, 4.69) is 10.9 Å². The standard InChI is InChI=1S/C19H22N2O3/c1-13(18(22)20-21-19(23)15-7-3-4-8-15)24-17-11-10-14-6-2-5-9-16(14)12-17/h2,5-6,9-13,15H,3-4,7-8H2,1H3,(H,20,22)(H,21,23). The molecule has 24 heavy (non-hydrogen) atoms. The van der Waals surface area contributed by atoms with E-state index in [1.54, 1.807) is 6.92 Å². The molecule has 1 unspecified atom stereocenters. The molecule has 0 heterocycles. The molecule has 3 rings (SSSR count). The number of fused-ring (bicyclic) bond motifs is 1. The van der Waals surface area contributed by atoms with Gasteiger partial charge in [-0.2, -0.15) is 0 Å². The van der Waals surface area contributed by atoms with Crippen LogP contribution in [0.4, 0.5) is 0 Å². The molecule has 1 aliphatic carbocycles. The second-order valence-corrected chi connectivity index (χ2v) is 6.23. The first-order chi connectivity index (χ1) is 11.6. The fraction of sp³-hybridized carbons (Fsp3) is 0.368. The van der Waals surface area contributed by atoms with Crippen LogP contribution in [0.15, 0.2) is 42.5 Å². The van der Waals surface area contributed by atoms with Crippen LogP contribution < -0.4 is 15.6 Å². The fourth-order valence-corrected chi connectivity index (χ4v) is 3.01. The van der Waals surface area contributed by atoms with Gasteiger partial charge in [0, 0.05) is 5.92 Å². The lowest BCUT2D eigenvalue weighted by Gasteiger charge is -2.16. The highest BCUT2D eigenvalue weighted by Gasteiger charge is 2.23. The molecule has 2 aromatic carbocycles. The molecule has 0 bridgehead atoms. The maximum absolute atomic E-state index is 12.1. The Labute approximate surface area is 141 Å². The third-order valence-electron chi connectivity index (χ3n) is 4.44. The van der Waals surface area contributed by atoms with Gasteiger partial charge in [0.05, 0.1) is 0 Å². The number of nitrogens with one attached hydrogen (secondary N) is 2. The molecule has 5 nitrogen and oxygen atoms in total. The van der Waals surface area contributed by atoms with Gasteiger partial charge in [0.15, 0.2) is 6.10 Å². The lowest BCUT2D eigenvalue weighted by Crippen LogP contribution is -2.48. The highest BCUT2D eigenvalue weighted by molar-refractivity contribution is 5.86. The maximum Gasteiger partial charge on any atom is 0.279 e. The minimum atomic E-state index is -0.699. The first kappa shape index (κ1) is 16.3. The number of hydrogen-bond acceptors (Lipinski definition) is 3. The molecule has 2 aromatic rings. The number of hydrazine groups is 1. The van der Waals surface area contributed by atoms with Crippen molar-refractivity contribution in [2.24, 2.45) is 5.92 Å². The Morgan fingerprint density at radius 3 is 2.50 bits per heavy atom. The van der Waals surface area contributed by atoms with E-state index < -0.39 is 6.10 Å². The Kier molecular flexibility index (Phi) is 4.99. The summed E-state index contributed by atoms with van der Waals surface area (Å²) in [6.45, 7) is 1.66. The molecule has 0 saturated heterocycles. The van der Waals surface area contributed by atoms with Crippen LogP contribution in [0.1, 0.15) is 32.6 Å². The second-order valence-electron chi connectivity index (χ2n) is 6.23. The summed E-state index contributed by atoms with van der Waals surface area (Å²) in [7, 11) is 0. The number of rotatable bonds is 4. The van der Waals surface area contributed by atoms with Crippen LogP contribution in [0.5, 0.6) is 5.75 Å². The monoisotopic (exact) mass is 326 g/mol. The first-order valence-electron chi connectivity index (χ1n) is 8.38. The Morgan fingerprint density at radius 2 is 1.75 bits per heavy atom. The maximum atomic E-state index is 12.1. The first-order valence-corrected chi connectivity index (χ1v) is 8.38. The second kappa shape index (κ2) is 7.34. The van der Waals surface area contributed by atoms with Gasteiger partial charge in [-0.05, 0) is 42.7 Å². The minimum absolute atomic E-state index is 0.0158. The van der Waals surface area contributed by atoms with Gasteiger partial charge in [-0.3, -0.25) is 20.4 Å². The third kappa shape index (κ3) is 3.85. The molecule has 2 N–H and O–H groups in total. The van der Waals surface area contributed by atoms with Crippen LogP contribution in [0, 0.1) is 5.92 Å². The van der Waals surface area contributed by atoms with Crippen molar-refractivity contribution >= 4 is 22.6 Å². The number of ether oxygens (including phenoxy) is 1. The molecule has 1 aliphatic rings. The van der Waals surface area contributed by atoms with Crippen LogP contribution >= 0.6 is 0 Å². The van der Waals surface area contributed by atoms with Crippen LogP contribution in [0.2, 0.25) is 0 Å². The third-order valence-corrected chi connectivity index (χ3v) is 4.44. The largest absolute Gasteiger partial charge is 0.481 e. The predicted octanol–water partition coefficient (Wildman–Crippen LogP) is 2.94. The Morgan fingerprint density at radius 1 is 1.04 bits per heavy atom. The van der Waals surface area contributed by atoms with E-state index in [1.807, 2.05) is 42.5 Å². The molecule has 1 fully saturated rings. The summed E-state index contributed by atoms with van der Waals surface area (Å²) in [6, 6.07) is 13.6. The van der Waals surface area contributed by atoms with E-state index in [4.69, 9.17) is 4.74 Å². The van der Waals surface area contributed by atoms with E-state index in [0.29, 0.717) is 5.75 Å². The summed E-state index contributed by atoms with van der Waals surface area (Å²) in [6.07, 6.45) is 3.24. The van der Waals surface area contributed by atoms with Gasteiger partial charge in [-0.25, -0.2) is 0 Å². The molecule has 1 saturated carbocycles. The predicted molar refractivity (Wildman–Crippen MR) is 92.3 cm³/mol. The van der Waals surface area contributed by atoms with Gasteiger partial charge in [0.25, 0.3) is 5.91 Å². The van der Waals surface area contributed by atoms with Crippen LogP contribution in [0.25, 0.3) is 10.8 Å². The number of carbonyl (C=O) groups is 2. The number of amides is 2. The summed E-state index contributed by atoms with van der Waals surface area (Å²) in [5, 5.41) is 2.17. The normalized spacial score (nSPS) is 15.9. The van der Waals surface area contributed by atoms with Gasteiger partial charge >= 0.3 is 0 Å². The van der Waals surface area contributed by atoms with Crippen molar-refractivity contribution < 1.29 is 14.3 Å². The van der Waals surface area contributed by atoms with Gasteiger partial charge in [-0.1, -0.05) is 43.2 Å². The van der Waals surface area contributed by atoms with Crippen molar-refractivity contribution in [3.63, 3.8) is 0 Å². The quantitative estimate of drug-likeness (QED) is 0.849. The van der Waals surface area contributed by atoms with E-state index in [-0.39, 0.29) is 17.7 Å². The van der Waals surface area contributed by atoms with E-state index in [9.17, 15) is 9.59 Å². The highest BCUT2D eigenvalue weighted by atomic mass is 16.5. The van der Waals surface area contributed by atoms with Crippen molar-refractivity contribution in [2.45, 2.75) is 38.7 Å². The Balaban J connectivity index is 1.53. The molecule has 0 aliphatic heterocycles. The molecular weight excluding hydrogens is 304 g/mol. The van der Waals surface area contributed by atoms with Gasteiger partial charge in [-0.15, -0.1) is 0 Å². The van der Waals surface area contributed by atoms with E-state index >= 15 is 0 Å². The van der Waals surface area contributed by atoms with E-state index in [0.717, 1.165) is 36.5 Å². The molecule has 0 radical (unpaired) electrons. The molecule has 1 atom stereocenters. The summed E-state index contributed by atoms with van der Waals surface area (Å²) >= 11 is 0. The lowest BCUT2D eigenvalue weighted by molar-refractivity contribution is -0.134.